The molecule has 1 saturated heterocycles. The molecular weight excluding hydrogens is 400 g/mol. The number of para-hydroxylation sites is 1. The Balaban J connectivity index is 1.67. The lowest BCUT2D eigenvalue weighted by Gasteiger charge is -2.31. The van der Waals surface area contributed by atoms with Crippen LogP contribution in [0.15, 0.2) is 48.5 Å². The second-order valence-electron chi connectivity index (χ2n) is 8.69. The number of aromatic nitrogens is 1. The van der Waals surface area contributed by atoms with Gasteiger partial charge in [-0.25, -0.2) is 4.98 Å². The van der Waals surface area contributed by atoms with Crippen molar-refractivity contribution in [2.24, 2.45) is 5.92 Å². The van der Waals surface area contributed by atoms with Crippen LogP contribution in [0.2, 0.25) is 0 Å². The van der Waals surface area contributed by atoms with Gasteiger partial charge < -0.3 is 14.4 Å². The molecule has 0 spiro atoms. The van der Waals surface area contributed by atoms with Gasteiger partial charge in [0.1, 0.15) is 5.75 Å². The van der Waals surface area contributed by atoms with Gasteiger partial charge >= 0.3 is 0 Å². The van der Waals surface area contributed by atoms with Gasteiger partial charge in [-0.05, 0) is 59.7 Å². The Bertz CT molecular complexity index is 1180. The van der Waals surface area contributed by atoms with Gasteiger partial charge in [0.05, 0.1) is 37.1 Å². The molecule has 2 heterocycles. The molecule has 5 nitrogen and oxygen atoms in total. The number of fused-ring (bicyclic) bond motifs is 2. The Labute approximate surface area is 188 Å². The maximum absolute atomic E-state index is 13.7. The van der Waals surface area contributed by atoms with Crippen LogP contribution in [-0.4, -0.2) is 49.2 Å². The average molecular weight is 429 g/mol. The lowest BCUT2D eigenvalue weighted by molar-refractivity contribution is 0.0303. The molecule has 0 N–H and O–H groups in total. The Morgan fingerprint density at radius 3 is 2.59 bits per heavy atom. The van der Waals surface area contributed by atoms with Crippen LogP contribution in [0.3, 0.4) is 0 Å². The van der Waals surface area contributed by atoms with Gasteiger partial charge in [-0.1, -0.05) is 37.3 Å². The van der Waals surface area contributed by atoms with Crippen molar-refractivity contribution < 1.29 is 14.3 Å². The van der Waals surface area contributed by atoms with Crippen LogP contribution in [0.4, 0.5) is 0 Å². The van der Waals surface area contributed by atoms with E-state index in [1.54, 1.807) is 7.11 Å². The van der Waals surface area contributed by atoms with E-state index >= 15 is 0 Å². The first-order chi connectivity index (χ1) is 15.6. The number of rotatable bonds is 3. The van der Waals surface area contributed by atoms with E-state index in [4.69, 9.17) is 14.5 Å². The van der Waals surface area contributed by atoms with Crippen molar-refractivity contribution >= 4 is 28.5 Å². The van der Waals surface area contributed by atoms with E-state index in [0.29, 0.717) is 32.2 Å². The van der Waals surface area contributed by atoms with E-state index in [1.165, 1.54) is 5.57 Å². The monoisotopic (exact) mass is 428 g/mol. The minimum absolute atomic E-state index is 0.0982. The minimum Gasteiger partial charge on any atom is -0.497 e. The van der Waals surface area contributed by atoms with Crippen molar-refractivity contribution in [1.29, 1.82) is 0 Å². The quantitative estimate of drug-likeness (QED) is 0.599. The zero-order chi connectivity index (χ0) is 22.1. The van der Waals surface area contributed by atoms with Gasteiger partial charge in [0.25, 0.3) is 5.91 Å². The smallest absolute Gasteiger partial charge is 0.255 e. The molecule has 32 heavy (non-hydrogen) atoms. The molecule has 1 aromatic heterocycles. The Hall–Kier alpha value is -3.18. The molecule has 1 aliphatic carbocycles. The Morgan fingerprint density at radius 1 is 1.09 bits per heavy atom. The maximum Gasteiger partial charge on any atom is 0.255 e. The maximum atomic E-state index is 13.7. The molecule has 1 fully saturated rings. The summed E-state index contributed by atoms with van der Waals surface area (Å²) in [4.78, 5) is 20.7. The highest BCUT2D eigenvalue weighted by atomic mass is 16.5. The average Bonchev–Trinajstić information content (AvgIpc) is 2.83. The van der Waals surface area contributed by atoms with Gasteiger partial charge in [0, 0.05) is 18.5 Å². The summed E-state index contributed by atoms with van der Waals surface area (Å²) in [6.07, 6.45) is 4.01. The van der Waals surface area contributed by atoms with Gasteiger partial charge in [-0.15, -0.1) is 0 Å². The number of amides is 1. The number of hydrogen-bond acceptors (Lipinski definition) is 4. The van der Waals surface area contributed by atoms with Crippen molar-refractivity contribution in [2.45, 2.75) is 19.8 Å². The molecular formula is C27H28N2O3. The number of morpholine rings is 1. The molecule has 5 rings (SSSR count). The summed E-state index contributed by atoms with van der Waals surface area (Å²) < 4.78 is 10.8. The molecule has 2 aromatic carbocycles. The largest absolute Gasteiger partial charge is 0.497 e. The second-order valence-corrected chi connectivity index (χ2v) is 8.69. The van der Waals surface area contributed by atoms with E-state index in [2.05, 4.69) is 25.1 Å². The van der Waals surface area contributed by atoms with Crippen LogP contribution in [-0.2, 0) is 11.2 Å². The van der Waals surface area contributed by atoms with Crippen molar-refractivity contribution in [3.05, 3.63) is 70.9 Å². The van der Waals surface area contributed by atoms with Crippen LogP contribution < -0.4 is 4.74 Å². The normalized spacial score (nSPS) is 19.8. The van der Waals surface area contributed by atoms with Crippen LogP contribution in [0.1, 0.15) is 40.5 Å². The fourth-order valence-electron chi connectivity index (χ4n) is 4.81. The number of allylic oxidation sites excluding steroid dienone is 1. The third-order valence-corrected chi connectivity index (χ3v) is 6.39. The van der Waals surface area contributed by atoms with Crippen LogP contribution >= 0.6 is 0 Å². The van der Waals surface area contributed by atoms with E-state index in [1.807, 2.05) is 41.3 Å². The molecule has 0 bridgehead atoms. The second kappa shape index (κ2) is 8.75. The lowest BCUT2D eigenvalue weighted by Crippen LogP contribution is -2.41. The fourth-order valence-corrected chi connectivity index (χ4v) is 4.81. The molecule has 2 aliphatic rings. The number of ether oxygens (including phenoxy) is 2. The number of benzene rings is 2. The first-order valence-electron chi connectivity index (χ1n) is 11.3. The number of nitrogens with zero attached hydrogens (tertiary/aromatic N) is 2. The topological polar surface area (TPSA) is 51.7 Å². The minimum atomic E-state index is 0.0982. The number of carbonyl (C=O) groups excluding carboxylic acids is 1. The summed E-state index contributed by atoms with van der Waals surface area (Å²) in [6.45, 7) is 4.71. The van der Waals surface area contributed by atoms with E-state index in [0.717, 1.165) is 51.9 Å². The SMILES string of the molecule is COc1ccc(/C=C2/CC(C)Cc3c2nc2ccccc2c3C(=O)N2CCOCC2)cc1. The van der Waals surface area contributed by atoms with Crippen LogP contribution in [0.5, 0.6) is 5.75 Å². The molecule has 5 heteroatoms. The Morgan fingerprint density at radius 2 is 1.84 bits per heavy atom. The first-order valence-corrected chi connectivity index (χ1v) is 11.3. The highest BCUT2D eigenvalue weighted by molar-refractivity contribution is 6.09. The van der Waals surface area contributed by atoms with Crippen LogP contribution in [0, 0.1) is 5.92 Å². The molecule has 164 valence electrons. The number of pyridine rings is 1. The molecule has 3 aromatic rings. The molecule has 1 amide bonds. The molecule has 1 aliphatic heterocycles. The Kier molecular flexibility index (Phi) is 5.66. The zero-order valence-electron chi connectivity index (χ0n) is 18.6. The van der Waals surface area contributed by atoms with Crippen molar-refractivity contribution in [2.75, 3.05) is 33.4 Å². The number of carbonyl (C=O) groups is 1. The standard InChI is InChI=1S/C27H28N2O3/c1-18-15-20(17-19-7-9-21(31-2)10-8-19)26-23(16-18)25(22-5-3-4-6-24(22)28-26)27(30)29-11-13-32-14-12-29/h3-10,17-18H,11-16H2,1-2H3/b20-17-. The summed E-state index contributed by atoms with van der Waals surface area (Å²) in [7, 11) is 1.68. The number of methoxy groups -OCH3 is 1. The van der Waals surface area contributed by atoms with Gasteiger partial charge in [0.2, 0.25) is 0 Å². The summed E-state index contributed by atoms with van der Waals surface area (Å²) in [6, 6.07) is 16.1. The molecule has 1 atom stereocenters. The van der Waals surface area contributed by atoms with E-state index < -0.39 is 0 Å². The van der Waals surface area contributed by atoms with Gasteiger partial charge in [-0.2, -0.15) is 0 Å². The molecule has 0 radical (unpaired) electrons. The van der Waals surface area contributed by atoms with Gasteiger partial charge in [-0.3, -0.25) is 4.79 Å². The van der Waals surface area contributed by atoms with E-state index in [9.17, 15) is 4.79 Å². The predicted molar refractivity (Wildman–Crippen MR) is 127 cm³/mol. The predicted octanol–water partition coefficient (Wildman–Crippen LogP) is 4.84. The summed E-state index contributed by atoms with van der Waals surface area (Å²) >= 11 is 0. The van der Waals surface area contributed by atoms with Crippen LogP contribution in [0.25, 0.3) is 22.6 Å². The van der Waals surface area contributed by atoms with Crippen molar-refractivity contribution in [1.82, 2.24) is 9.88 Å². The van der Waals surface area contributed by atoms with Crippen molar-refractivity contribution in [3.8, 4) is 5.75 Å². The third-order valence-electron chi connectivity index (χ3n) is 6.39. The lowest BCUT2D eigenvalue weighted by atomic mass is 9.80. The summed E-state index contributed by atoms with van der Waals surface area (Å²) in [5.41, 5.74) is 6.04. The highest BCUT2D eigenvalue weighted by Crippen LogP contribution is 2.39. The van der Waals surface area contributed by atoms with E-state index in [-0.39, 0.29) is 5.91 Å². The number of hydrogen-bond donors (Lipinski definition) is 0. The highest BCUT2D eigenvalue weighted by Gasteiger charge is 2.30. The molecule has 0 saturated carbocycles. The molecule has 1 unspecified atom stereocenters. The first kappa shape index (κ1) is 20.7. The fraction of sp³-hybridized carbons (Fsp3) is 0.333. The van der Waals surface area contributed by atoms with Crippen molar-refractivity contribution in [3.63, 3.8) is 0 Å². The van der Waals surface area contributed by atoms with Gasteiger partial charge in [0.15, 0.2) is 0 Å². The summed E-state index contributed by atoms with van der Waals surface area (Å²) in [5, 5.41) is 0.945. The summed E-state index contributed by atoms with van der Waals surface area (Å²) in [5.74, 6) is 1.37. The third kappa shape index (κ3) is 3.89. The zero-order valence-corrected chi connectivity index (χ0v) is 18.6.